The molecule has 1 aromatic carbocycles. The summed E-state index contributed by atoms with van der Waals surface area (Å²) in [6.45, 7) is 3.62. The highest BCUT2D eigenvalue weighted by Crippen LogP contribution is 2.27. The molecule has 1 heterocycles. The zero-order valence-corrected chi connectivity index (χ0v) is 9.88. The molecule has 1 aliphatic rings. The van der Waals surface area contributed by atoms with Crippen LogP contribution in [0.2, 0.25) is 5.02 Å². The summed E-state index contributed by atoms with van der Waals surface area (Å²) in [7, 11) is 0. The molecule has 86 valence electrons. The van der Waals surface area contributed by atoms with Crippen molar-refractivity contribution in [2.24, 2.45) is 0 Å². The molecular weight excluding hydrogens is 226 g/mol. The van der Waals surface area contributed by atoms with Gasteiger partial charge in [-0.1, -0.05) is 17.7 Å². The Hall–Kier alpha value is -1.06. The number of hydrogen-bond acceptors (Lipinski definition) is 3. The van der Waals surface area contributed by atoms with E-state index in [1.807, 2.05) is 25.1 Å². The van der Waals surface area contributed by atoms with Gasteiger partial charge in [0.05, 0.1) is 12.5 Å². The summed E-state index contributed by atoms with van der Waals surface area (Å²) in [5, 5.41) is 3.87. The lowest BCUT2D eigenvalue weighted by atomic mass is 9.91. The predicted octanol–water partition coefficient (Wildman–Crippen LogP) is 2.09. The fourth-order valence-electron chi connectivity index (χ4n) is 1.97. The summed E-state index contributed by atoms with van der Waals surface area (Å²) in [5.74, 6) is -0.416. The van der Waals surface area contributed by atoms with Crippen molar-refractivity contribution in [1.82, 2.24) is 5.32 Å². The Labute approximate surface area is 99.7 Å². The summed E-state index contributed by atoms with van der Waals surface area (Å²) in [6.07, 6.45) is 0. The van der Waals surface area contributed by atoms with E-state index in [4.69, 9.17) is 16.3 Å². The number of carbonyl (C=O) groups excluding carboxylic acids is 1. The van der Waals surface area contributed by atoms with E-state index >= 15 is 0 Å². The molecule has 3 nitrogen and oxygen atoms in total. The molecule has 4 heteroatoms. The van der Waals surface area contributed by atoms with Gasteiger partial charge in [0, 0.05) is 18.1 Å². The molecule has 0 saturated carbocycles. The van der Waals surface area contributed by atoms with E-state index in [1.165, 1.54) is 0 Å². The number of carbonyl (C=O) groups is 1. The maximum Gasteiger partial charge on any atom is 0.314 e. The maximum absolute atomic E-state index is 11.8. The lowest BCUT2D eigenvalue weighted by Gasteiger charge is -2.24. The molecule has 1 unspecified atom stereocenters. The van der Waals surface area contributed by atoms with Crippen LogP contribution in [-0.2, 0) is 16.1 Å². The van der Waals surface area contributed by atoms with Gasteiger partial charge >= 0.3 is 5.97 Å². The first-order chi connectivity index (χ1) is 7.72. The first kappa shape index (κ1) is 11.4. The first-order valence-corrected chi connectivity index (χ1v) is 5.76. The lowest BCUT2D eigenvalue weighted by Crippen LogP contribution is -2.33. The molecule has 0 aromatic heterocycles. The quantitative estimate of drug-likeness (QED) is 0.804. The van der Waals surface area contributed by atoms with Crippen molar-refractivity contribution in [2.75, 3.05) is 13.2 Å². The van der Waals surface area contributed by atoms with Gasteiger partial charge in [-0.15, -0.1) is 0 Å². The molecule has 0 aliphatic carbocycles. The minimum atomic E-state index is -0.234. The predicted molar refractivity (Wildman–Crippen MR) is 62.5 cm³/mol. The second-order valence-electron chi connectivity index (χ2n) is 3.78. The molecule has 0 bridgehead atoms. The minimum absolute atomic E-state index is 0.182. The highest BCUT2D eigenvalue weighted by atomic mass is 35.5. The Kier molecular flexibility index (Phi) is 3.46. The van der Waals surface area contributed by atoms with Crippen LogP contribution in [0.4, 0.5) is 0 Å². The van der Waals surface area contributed by atoms with Crippen molar-refractivity contribution in [3.05, 3.63) is 34.3 Å². The van der Waals surface area contributed by atoms with Crippen LogP contribution in [0.15, 0.2) is 18.2 Å². The molecule has 16 heavy (non-hydrogen) atoms. The lowest BCUT2D eigenvalue weighted by molar-refractivity contribution is -0.145. The number of esters is 1. The minimum Gasteiger partial charge on any atom is -0.465 e. The Morgan fingerprint density at radius 1 is 1.62 bits per heavy atom. The Balaban J connectivity index is 2.31. The molecule has 0 spiro atoms. The molecule has 1 N–H and O–H groups in total. The van der Waals surface area contributed by atoms with Crippen LogP contribution in [-0.4, -0.2) is 19.1 Å². The summed E-state index contributed by atoms with van der Waals surface area (Å²) in [5.41, 5.74) is 2.11. The maximum atomic E-state index is 11.8. The van der Waals surface area contributed by atoms with Crippen molar-refractivity contribution in [3.63, 3.8) is 0 Å². The summed E-state index contributed by atoms with van der Waals surface area (Å²) >= 11 is 5.95. The van der Waals surface area contributed by atoms with Crippen LogP contribution in [0, 0.1) is 0 Å². The number of ether oxygens (including phenoxy) is 1. The van der Waals surface area contributed by atoms with Crippen molar-refractivity contribution < 1.29 is 9.53 Å². The standard InChI is InChI=1S/C12H14ClNO2/c1-2-16-12(15)11-7-14-6-8-3-4-9(13)5-10(8)11/h3-5,11,14H,2,6-7H2,1H3. The number of nitrogens with one attached hydrogen (secondary N) is 1. The number of rotatable bonds is 2. The van der Waals surface area contributed by atoms with E-state index in [0.29, 0.717) is 18.2 Å². The smallest absolute Gasteiger partial charge is 0.314 e. The van der Waals surface area contributed by atoms with Crippen molar-refractivity contribution in [3.8, 4) is 0 Å². The van der Waals surface area contributed by atoms with E-state index in [1.54, 1.807) is 0 Å². The molecule has 1 atom stereocenters. The van der Waals surface area contributed by atoms with Crippen LogP contribution in [0.1, 0.15) is 24.0 Å². The average Bonchev–Trinajstić information content (AvgIpc) is 2.28. The number of benzene rings is 1. The summed E-state index contributed by atoms with van der Waals surface area (Å²) < 4.78 is 5.06. The van der Waals surface area contributed by atoms with Crippen LogP contribution < -0.4 is 5.32 Å². The molecule has 2 rings (SSSR count). The van der Waals surface area contributed by atoms with Gasteiger partial charge in [0.25, 0.3) is 0 Å². The molecule has 1 aliphatic heterocycles. The largest absolute Gasteiger partial charge is 0.465 e. The van der Waals surface area contributed by atoms with Crippen LogP contribution >= 0.6 is 11.6 Å². The third-order valence-corrected chi connectivity index (χ3v) is 2.95. The number of fused-ring (bicyclic) bond motifs is 1. The van der Waals surface area contributed by atoms with Gasteiger partial charge in [0.1, 0.15) is 0 Å². The van der Waals surface area contributed by atoms with E-state index in [-0.39, 0.29) is 11.9 Å². The van der Waals surface area contributed by atoms with Crippen LogP contribution in [0.25, 0.3) is 0 Å². The molecular formula is C12H14ClNO2. The van der Waals surface area contributed by atoms with Crippen molar-refractivity contribution in [1.29, 1.82) is 0 Å². The van der Waals surface area contributed by atoms with Gasteiger partial charge in [0.2, 0.25) is 0 Å². The Morgan fingerprint density at radius 2 is 2.44 bits per heavy atom. The molecule has 0 saturated heterocycles. The third kappa shape index (κ3) is 2.20. The number of halogens is 1. The van der Waals surface area contributed by atoms with Crippen LogP contribution in [0.3, 0.4) is 0 Å². The van der Waals surface area contributed by atoms with Gasteiger partial charge in [-0.05, 0) is 30.2 Å². The van der Waals surface area contributed by atoms with Gasteiger partial charge < -0.3 is 10.1 Å². The monoisotopic (exact) mass is 239 g/mol. The fourth-order valence-corrected chi connectivity index (χ4v) is 2.15. The second kappa shape index (κ2) is 4.85. The highest BCUT2D eigenvalue weighted by molar-refractivity contribution is 6.30. The average molecular weight is 240 g/mol. The van der Waals surface area contributed by atoms with Crippen molar-refractivity contribution >= 4 is 17.6 Å². The summed E-state index contributed by atoms with van der Waals surface area (Å²) in [6, 6.07) is 5.66. The molecule has 1 aromatic rings. The summed E-state index contributed by atoms with van der Waals surface area (Å²) in [4.78, 5) is 11.8. The SMILES string of the molecule is CCOC(=O)C1CNCc2ccc(Cl)cc21. The van der Waals surface area contributed by atoms with Gasteiger partial charge in [-0.3, -0.25) is 4.79 Å². The van der Waals surface area contributed by atoms with E-state index in [9.17, 15) is 4.79 Å². The van der Waals surface area contributed by atoms with E-state index in [2.05, 4.69) is 5.32 Å². The highest BCUT2D eigenvalue weighted by Gasteiger charge is 2.27. The number of hydrogen-bond donors (Lipinski definition) is 1. The van der Waals surface area contributed by atoms with E-state index in [0.717, 1.165) is 17.7 Å². The normalized spacial score (nSPS) is 19.0. The zero-order chi connectivity index (χ0) is 11.5. The van der Waals surface area contributed by atoms with Gasteiger partial charge in [0.15, 0.2) is 0 Å². The van der Waals surface area contributed by atoms with Gasteiger partial charge in [-0.25, -0.2) is 0 Å². The molecule has 0 radical (unpaired) electrons. The first-order valence-electron chi connectivity index (χ1n) is 5.38. The van der Waals surface area contributed by atoms with E-state index < -0.39 is 0 Å². The third-order valence-electron chi connectivity index (χ3n) is 2.72. The molecule has 0 fully saturated rings. The van der Waals surface area contributed by atoms with Gasteiger partial charge in [-0.2, -0.15) is 0 Å². The topological polar surface area (TPSA) is 38.3 Å². The Morgan fingerprint density at radius 3 is 3.19 bits per heavy atom. The van der Waals surface area contributed by atoms with Crippen molar-refractivity contribution in [2.45, 2.75) is 19.4 Å². The fraction of sp³-hybridized carbons (Fsp3) is 0.417. The zero-order valence-electron chi connectivity index (χ0n) is 9.13. The second-order valence-corrected chi connectivity index (χ2v) is 4.22. The van der Waals surface area contributed by atoms with Crippen LogP contribution in [0.5, 0.6) is 0 Å². The molecule has 0 amide bonds. The Bertz CT molecular complexity index is 406.